The van der Waals surface area contributed by atoms with Crippen LogP contribution < -0.4 is 20.8 Å². The molecule has 0 aliphatic carbocycles. The second-order valence-electron chi connectivity index (χ2n) is 18.7. The first-order valence-electron chi connectivity index (χ1n) is 22.7. The van der Waals surface area contributed by atoms with Crippen LogP contribution in [0.15, 0.2) is 52.3 Å². The zero-order valence-electron chi connectivity index (χ0n) is 39.7. The van der Waals surface area contributed by atoms with Gasteiger partial charge in [-0.1, -0.05) is 45.9 Å². The van der Waals surface area contributed by atoms with E-state index in [-0.39, 0.29) is 49.7 Å². The third kappa shape index (κ3) is 8.73. The summed E-state index contributed by atoms with van der Waals surface area (Å²) in [6, 6.07) is 0. The number of aryl methyl sites for hydroxylation is 2. The molecule has 4 aliphatic heterocycles. The van der Waals surface area contributed by atoms with Crippen molar-refractivity contribution in [2.24, 2.45) is 33.7 Å². The number of nitrogens with zero attached hydrogens (tertiary/aromatic N) is 5. The zero-order valence-corrected chi connectivity index (χ0v) is 39.7. The number of allylic oxidation sites excluding steroid dienone is 2. The maximum absolute atomic E-state index is 14.8. The van der Waals surface area contributed by atoms with Gasteiger partial charge in [0.25, 0.3) is 11.7 Å². The maximum atomic E-state index is 14.8. The van der Waals surface area contributed by atoms with Crippen LogP contribution in [0.1, 0.15) is 88.7 Å². The van der Waals surface area contributed by atoms with Gasteiger partial charge in [0, 0.05) is 112 Å². The van der Waals surface area contributed by atoms with Crippen molar-refractivity contribution in [3.8, 4) is 17.2 Å². The Morgan fingerprint density at radius 3 is 2.27 bits per heavy atom. The highest BCUT2D eigenvalue weighted by Crippen LogP contribution is 2.51. The second kappa shape index (κ2) is 18.6. The van der Waals surface area contributed by atoms with E-state index >= 15 is 0 Å². The lowest BCUT2D eigenvalue weighted by molar-refractivity contribution is -0.160. The number of carbonyl (C=O) groups excluding carboxylic acids is 3. The summed E-state index contributed by atoms with van der Waals surface area (Å²) < 4.78 is 26.3. The molecule has 9 atom stereocenters. The average molecular weight is 913 g/mol. The summed E-state index contributed by atoms with van der Waals surface area (Å²) >= 11 is 0. The van der Waals surface area contributed by atoms with Gasteiger partial charge in [-0.15, -0.1) is 0 Å². The molecule has 1 saturated heterocycles. The number of ketones is 1. The molecule has 1 aromatic heterocycles. The Balaban J connectivity index is 1.36. The number of aliphatic hydroxyl groups excluding tert-OH is 2. The predicted octanol–water partition coefficient (Wildman–Crippen LogP) is 4.61. The van der Waals surface area contributed by atoms with Crippen molar-refractivity contribution in [2.45, 2.75) is 124 Å². The maximum Gasteiger partial charge on any atom is 0.312 e. The van der Waals surface area contributed by atoms with Gasteiger partial charge in [0.2, 0.25) is 0 Å². The number of esters is 1. The standard InChI is InChI=1S/C49H64N6O11/c1-24-13-12-14-25(2)47(62)51-39-38-37(52-49(53-38)16-18-54(19-17-49)20-21-55-26(3)23-50-31(55)8)34-35(43(39)60)42(59)30(7)45-36(34)46(61)48(10,66-45)64-22-15-33(63-11)27(4)44(65-32(9)56)29(6)41(58)28(5)40(24)57/h12-15,22-24,27-29,33,40-41,44,52,57-60H,16-21H2,1-11H3/b13-12+,22-15+,25-14-,51-39?/t24-,27+,28+,29+,33-,40-,41+,44+,48-/m0/s1. The normalized spacial score (nSPS) is 31.0. The fourth-order valence-electron chi connectivity index (χ4n) is 9.92. The number of phenolic OH excluding ortho intramolecular Hbond substituents is 2. The van der Waals surface area contributed by atoms with Crippen LogP contribution in [0.2, 0.25) is 0 Å². The van der Waals surface area contributed by atoms with E-state index in [1.165, 1.54) is 33.3 Å². The van der Waals surface area contributed by atoms with E-state index < -0.39 is 82.9 Å². The van der Waals surface area contributed by atoms with Gasteiger partial charge in [0.1, 0.15) is 39.8 Å². The summed E-state index contributed by atoms with van der Waals surface area (Å²) in [6.07, 6.45) is 6.80. The lowest BCUT2D eigenvalue weighted by Crippen LogP contribution is -2.47. The Hall–Kier alpha value is -5.62. The lowest BCUT2D eigenvalue weighted by atomic mass is 9.78. The number of aliphatic hydroxyl groups is 2. The number of carbonyl (C=O) groups is 3. The van der Waals surface area contributed by atoms with E-state index in [1.54, 1.807) is 59.8 Å². The molecule has 0 unspecified atom stereocenters. The van der Waals surface area contributed by atoms with Gasteiger partial charge in [-0.05, 0) is 33.8 Å². The van der Waals surface area contributed by atoms with Gasteiger partial charge in [0.15, 0.2) is 5.75 Å². The Morgan fingerprint density at radius 1 is 0.939 bits per heavy atom. The number of fused-ring (bicyclic) bond motifs is 1. The van der Waals surface area contributed by atoms with Crippen LogP contribution >= 0.6 is 0 Å². The summed E-state index contributed by atoms with van der Waals surface area (Å²) in [6.45, 7) is 19.7. The molecule has 0 radical (unpaired) electrons. The number of anilines is 1. The van der Waals surface area contributed by atoms with Crippen LogP contribution in [0.4, 0.5) is 5.69 Å². The number of methoxy groups -OCH3 is 1. The minimum atomic E-state index is -1.97. The number of piperidine rings is 1. The number of benzene rings is 2. The SMILES string of the molecule is CO[C@H]1/C=C/O[C@@]2(C)Oc3c(C)c(O)c4c(O)c(c5c(c4c3C2=O)NC2(CCN(CCn3c(C)cnc3C)CC2)N=5)=NC(=O)/C(C)=C\C=C\[C@H](C)[C@H](O)[C@@H](C)[C@@H](O)[C@@H](C)[C@H](OC(C)=O)[C@@H]1C. The van der Waals surface area contributed by atoms with Gasteiger partial charge in [-0.2, -0.15) is 0 Å². The number of aromatic nitrogens is 2. The molecule has 5 heterocycles. The highest BCUT2D eigenvalue weighted by molar-refractivity contribution is 6.21. The van der Waals surface area contributed by atoms with E-state index in [4.69, 9.17) is 23.9 Å². The van der Waals surface area contributed by atoms with Crippen LogP contribution in [0.5, 0.6) is 17.2 Å². The predicted molar refractivity (Wildman–Crippen MR) is 245 cm³/mol. The van der Waals surface area contributed by atoms with E-state index in [2.05, 4.69) is 24.8 Å². The Morgan fingerprint density at radius 2 is 1.64 bits per heavy atom. The van der Waals surface area contributed by atoms with Crippen molar-refractivity contribution in [3.63, 3.8) is 0 Å². The van der Waals surface area contributed by atoms with Gasteiger partial charge >= 0.3 is 11.8 Å². The minimum Gasteiger partial charge on any atom is -0.507 e. The van der Waals surface area contributed by atoms with Crippen LogP contribution in [-0.2, 0) is 30.3 Å². The second-order valence-corrected chi connectivity index (χ2v) is 18.7. The fourth-order valence-corrected chi connectivity index (χ4v) is 9.92. The number of hydrogen-bond acceptors (Lipinski definition) is 15. The molecule has 3 aromatic rings. The molecule has 1 fully saturated rings. The Labute approximate surface area is 384 Å². The zero-order chi connectivity index (χ0) is 48.2. The summed E-state index contributed by atoms with van der Waals surface area (Å²) in [5.41, 5.74) is 0.872. The van der Waals surface area contributed by atoms with Crippen LogP contribution in [0.25, 0.3) is 10.8 Å². The molecule has 0 saturated carbocycles. The van der Waals surface area contributed by atoms with E-state index in [9.17, 15) is 34.8 Å². The number of imidazole rings is 1. The smallest absolute Gasteiger partial charge is 0.312 e. The number of ether oxygens (including phenoxy) is 4. The van der Waals surface area contributed by atoms with Crippen molar-refractivity contribution in [1.82, 2.24) is 14.5 Å². The molecule has 2 aromatic carbocycles. The van der Waals surface area contributed by atoms with Crippen molar-refractivity contribution < 1.29 is 53.8 Å². The van der Waals surface area contributed by atoms with Crippen molar-refractivity contribution >= 4 is 34.1 Å². The van der Waals surface area contributed by atoms with Gasteiger partial charge < -0.3 is 54.2 Å². The fraction of sp³-hybridized carbons (Fsp3) is 0.551. The third-order valence-corrected chi connectivity index (χ3v) is 14.2. The number of likely N-dealkylation sites (tertiary alicyclic amines) is 1. The molecule has 356 valence electrons. The summed E-state index contributed by atoms with van der Waals surface area (Å²) in [4.78, 5) is 57.6. The Kier molecular flexibility index (Phi) is 13.6. The molecule has 17 nitrogen and oxygen atoms in total. The average Bonchev–Trinajstić information content (AvgIpc) is 3.91. The molecule has 17 heteroatoms. The molecule has 4 bridgehead atoms. The van der Waals surface area contributed by atoms with E-state index in [0.29, 0.717) is 31.6 Å². The summed E-state index contributed by atoms with van der Waals surface area (Å²) in [5.74, 6) is -6.20. The van der Waals surface area contributed by atoms with Crippen LogP contribution in [0.3, 0.4) is 0 Å². The number of phenols is 2. The number of hydrogen-bond donors (Lipinski definition) is 5. The first kappa shape index (κ1) is 48.3. The van der Waals surface area contributed by atoms with E-state index in [0.717, 1.165) is 24.6 Å². The van der Waals surface area contributed by atoms with Crippen LogP contribution in [0, 0.1) is 44.4 Å². The number of amides is 1. The van der Waals surface area contributed by atoms with Crippen LogP contribution in [-0.4, -0.2) is 115 Å². The third-order valence-electron chi connectivity index (χ3n) is 14.2. The lowest BCUT2D eigenvalue weighted by Gasteiger charge is -2.38. The molecule has 1 amide bonds. The van der Waals surface area contributed by atoms with Crippen molar-refractivity contribution in [2.75, 3.05) is 32.1 Å². The molecular weight excluding hydrogens is 849 g/mol. The quantitative estimate of drug-likeness (QED) is 0.174. The molecule has 1 spiro atoms. The van der Waals surface area contributed by atoms with E-state index in [1.807, 2.05) is 20.0 Å². The topological polar surface area (TPSA) is 227 Å². The molecular formula is C49H64N6O11. The van der Waals surface area contributed by atoms with Crippen molar-refractivity contribution in [3.05, 3.63) is 75.7 Å². The number of aromatic hydroxyl groups is 2. The minimum absolute atomic E-state index is 0.0411. The largest absolute Gasteiger partial charge is 0.507 e. The number of Topliss-reactive ketones (excluding diaryl/α,β-unsaturated/α-hetero) is 1. The highest BCUT2D eigenvalue weighted by atomic mass is 16.7. The van der Waals surface area contributed by atoms with Gasteiger partial charge in [-0.25, -0.2) is 9.98 Å². The van der Waals surface area contributed by atoms with Gasteiger partial charge in [0.05, 0.1) is 41.2 Å². The van der Waals surface area contributed by atoms with Gasteiger partial charge in [-0.3, -0.25) is 19.4 Å². The summed E-state index contributed by atoms with van der Waals surface area (Å²) in [7, 11) is 1.47. The number of rotatable bonds is 5. The molecule has 7 rings (SSSR count). The molecule has 66 heavy (non-hydrogen) atoms. The number of nitrogens with one attached hydrogen (secondary N) is 1. The highest BCUT2D eigenvalue weighted by Gasteiger charge is 2.51. The first-order chi connectivity index (χ1) is 31.1. The van der Waals surface area contributed by atoms with Crippen molar-refractivity contribution in [1.29, 1.82) is 0 Å². The molecule has 4 aliphatic rings. The molecule has 5 N–H and O–H groups in total. The monoisotopic (exact) mass is 912 g/mol. The first-order valence-corrected chi connectivity index (χ1v) is 22.7. The Bertz CT molecular complexity index is 2630. The summed E-state index contributed by atoms with van der Waals surface area (Å²) in [5, 5.41) is 50.8.